The van der Waals surface area contributed by atoms with E-state index in [4.69, 9.17) is 10.5 Å². The Balaban J connectivity index is 2.00. The second-order valence-corrected chi connectivity index (χ2v) is 9.50. The van der Waals surface area contributed by atoms with Crippen molar-refractivity contribution in [1.82, 2.24) is 0 Å². The molecule has 0 spiro atoms. The van der Waals surface area contributed by atoms with E-state index in [-0.39, 0.29) is 22.0 Å². The number of alkyl halides is 3. The highest BCUT2D eigenvalue weighted by molar-refractivity contribution is 7.93. The first kappa shape index (κ1) is 25.1. The molecule has 1 atom stereocenters. The summed E-state index contributed by atoms with van der Waals surface area (Å²) in [6.07, 6.45) is -6.30. The Labute approximate surface area is 191 Å². The number of nitrogens with zero attached hydrogens (tertiary/aromatic N) is 1. The molecule has 14 heteroatoms. The van der Waals surface area contributed by atoms with Gasteiger partial charge in [0, 0.05) is 5.69 Å². The van der Waals surface area contributed by atoms with E-state index in [0.717, 1.165) is 30.3 Å². The first-order chi connectivity index (χ1) is 15.6. The van der Waals surface area contributed by atoms with Gasteiger partial charge >= 0.3 is 12.3 Å². The maximum atomic E-state index is 13.3. The highest BCUT2D eigenvalue weighted by atomic mass is 32.2. The molecule has 0 bridgehead atoms. The predicted octanol–water partition coefficient (Wildman–Crippen LogP) is 3.16. The average Bonchev–Trinajstić information content (AvgIpc) is 2.71. The fraction of sp³-hybridized carbons (Fsp3) is 0.300. The van der Waals surface area contributed by atoms with Gasteiger partial charge in [-0.25, -0.2) is 21.9 Å². The Morgan fingerprint density at radius 2 is 1.76 bits per heavy atom. The fourth-order valence-corrected chi connectivity index (χ4v) is 4.55. The number of hydrogen-bond donors (Lipinski definition) is 2. The van der Waals surface area contributed by atoms with Crippen LogP contribution in [-0.2, 0) is 19.6 Å². The van der Waals surface area contributed by atoms with Gasteiger partial charge in [0.1, 0.15) is 18.2 Å². The number of benzene rings is 2. The van der Waals surface area contributed by atoms with E-state index in [0.29, 0.717) is 18.2 Å². The van der Waals surface area contributed by atoms with Crippen molar-refractivity contribution in [3.05, 3.63) is 48.3 Å². The topological polar surface area (TPSA) is 128 Å². The van der Waals surface area contributed by atoms with E-state index < -0.39 is 52.3 Å². The molecule has 184 valence electrons. The Morgan fingerprint density at radius 3 is 2.32 bits per heavy atom. The zero-order chi connectivity index (χ0) is 25.5. The minimum atomic E-state index is -4.84. The van der Waals surface area contributed by atoms with Crippen LogP contribution >= 0.6 is 0 Å². The molecule has 0 saturated heterocycles. The summed E-state index contributed by atoms with van der Waals surface area (Å²) in [5, 5.41) is 2.08. The van der Waals surface area contributed by atoms with Crippen LogP contribution in [0.2, 0.25) is 0 Å². The number of sulfonamides is 1. The third-order valence-electron chi connectivity index (χ3n) is 4.85. The summed E-state index contributed by atoms with van der Waals surface area (Å²) >= 11 is 0. The van der Waals surface area contributed by atoms with Crippen molar-refractivity contribution in [2.45, 2.75) is 36.6 Å². The van der Waals surface area contributed by atoms with Crippen molar-refractivity contribution in [1.29, 1.82) is 0 Å². The number of carbonyl (C=O) groups is 2. The lowest BCUT2D eigenvalue weighted by Crippen LogP contribution is -2.53. The molecule has 0 radical (unpaired) electrons. The summed E-state index contributed by atoms with van der Waals surface area (Å²) in [7, 11) is -4.49. The number of halogens is 4. The van der Waals surface area contributed by atoms with Crippen LogP contribution < -0.4 is 20.1 Å². The Hall–Kier alpha value is -3.55. The Bertz CT molecular complexity index is 1220. The smallest absolute Gasteiger partial charge is 0.427 e. The summed E-state index contributed by atoms with van der Waals surface area (Å²) < 4.78 is 89.4. The third kappa shape index (κ3) is 4.85. The quantitative estimate of drug-likeness (QED) is 0.601. The van der Waals surface area contributed by atoms with Crippen LogP contribution in [0.15, 0.2) is 47.4 Å². The van der Waals surface area contributed by atoms with Crippen molar-refractivity contribution >= 4 is 33.4 Å². The van der Waals surface area contributed by atoms with Crippen molar-refractivity contribution in [3.63, 3.8) is 0 Å². The minimum absolute atomic E-state index is 0.0160. The molecule has 1 unspecified atom stereocenters. The molecule has 2 amide bonds. The van der Waals surface area contributed by atoms with Gasteiger partial charge in [-0.05, 0) is 56.3 Å². The number of primary amides is 1. The Kier molecular flexibility index (Phi) is 6.39. The SMILES string of the molecule is CC(C)(OC(=O)Nc1ccc2c(c1)N(S(=O)(=O)c1ccc(F)cc1)C(C(N)=O)CO2)C(F)(F)F. The predicted molar refractivity (Wildman–Crippen MR) is 111 cm³/mol. The number of hydrogen-bond acceptors (Lipinski definition) is 6. The van der Waals surface area contributed by atoms with Gasteiger partial charge in [-0.3, -0.25) is 10.1 Å². The van der Waals surface area contributed by atoms with Gasteiger partial charge in [0.25, 0.3) is 10.0 Å². The number of amides is 2. The maximum absolute atomic E-state index is 13.3. The van der Waals surface area contributed by atoms with E-state index in [1.54, 1.807) is 0 Å². The van der Waals surface area contributed by atoms with Gasteiger partial charge in [0.05, 0.1) is 10.6 Å². The second kappa shape index (κ2) is 8.66. The first-order valence-electron chi connectivity index (χ1n) is 9.56. The van der Waals surface area contributed by atoms with E-state index >= 15 is 0 Å². The zero-order valence-corrected chi connectivity index (χ0v) is 18.5. The van der Waals surface area contributed by atoms with Crippen molar-refractivity contribution in [2.75, 3.05) is 16.2 Å². The molecule has 0 saturated carbocycles. The molecule has 1 heterocycles. The summed E-state index contributed by atoms with van der Waals surface area (Å²) in [4.78, 5) is 23.7. The van der Waals surface area contributed by atoms with E-state index in [1.165, 1.54) is 12.1 Å². The maximum Gasteiger partial charge on any atom is 0.427 e. The number of carbonyl (C=O) groups excluding carboxylic acids is 2. The van der Waals surface area contributed by atoms with Crippen LogP contribution in [0.4, 0.5) is 33.7 Å². The molecule has 3 rings (SSSR count). The van der Waals surface area contributed by atoms with Crippen LogP contribution in [0.25, 0.3) is 0 Å². The highest BCUT2D eigenvalue weighted by Crippen LogP contribution is 2.40. The first-order valence-corrected chi connectivity index (χ1v) is 11.0. The molecule has 2 aromatic carbocycles. The van der Waals surface area contributed by atoms with Crippen LogP contribution in [0, 0.1) is 5.82 Å². The van der Waals surface area contributed by atoms with E-state index in [2.05, 4.69) is 10.1 Å². The van der Waals surface area contributed by atoms with Gasteiger partial charge in [0.15, 0.2) is 6.04 Å². The average molecular weight is 505 g/mol. The lowest BCUT2D eigenvalue weighted by Gasteiger charge is -2.36. The van der Waals surface area contributed by atoms with E-state index in [1.807, 2.05) is 0 Å². The number of ether oxygens (including phenoxy) is 2. The van der Waals surface area contributed by atoms with Crippen LogP contribution in [0.5, 0.6) is 5.75 Å². The second-order valence-electron chi connectivity index (χ2n) is 7.69. The number of nitrogens with two attached hydrogens (primary N) is 1. The molecular weight excluding hydrogens is 486 g/mol. The van der Waals surface area contributed by atoms with Crippen molar-refractivity contribution in [3.8, 4) is 5.75 Å². The number of anilines is 2. The minimum Gasteiger partial charge on any atom is -0.489 e. The summed E-state index contributed by atoms with van der Waals surface area (Å²) in [5.41, 5.74) is 2.17. The Morgan fingerprint density at radius 1 is 1.15 bits per heavy atom. The lowest BCUT2D eigenvalue weighted by molar-refractivity contribution is -0.242. The number of nitrogens with one attached hydrogen (secondary N) is 1. The van der Waals surface area contributed by atoms with Crippen LogP contribution in [0.1, 0.15) is 13.8 Å². The molecule has 1 aliphatic heterocycles. The molecular formula is C20H19F4N3O6S. The van der Waals surface area contributed by atoms with Gasteiger partial charge in [-0.1, -0.05) is 0 Å². The molecule has 2 aromatic rings. The van der Waals surface area contributed by atoms with Gasteiger partial charge < -0.3 is 15.2 Å². The summed E-state index contributed by atoms with van der Waals surface area (Å²) in [6, 6.07) is 5.81. The van der Waals surface area contributed by atoms with Crippen LogP contribution in [0.3, 0.4) is 0 Å². The number of fused-ring (bicyclic) bond motifs is 1. The fourth-order valence-electron chi connectivity index (χ4n) is 2.94. The molecule has 0 aromatic heterocycles. The summed E-state index contributed by atoms with van der Waals surface area (Å²) in [5.74, 6) is -1.77. The monoisotopic (exact) mass is 505 g/mol. The zero-order valence-electron chi connectivity index (χ0n) is 17.7. The van der Waals surface area contributed by atoms with Crippen molar-refractivity contribution in [2.24, 2.45) is 5.73 Å². The molecule has 0 fully saturated rings. The lowest BCUT2D eigenvalue weighted by atomic mass is 10.1. The molecule has 0 aliphatic carbocycles. The van der Waals surface area contributed by atoms with Gasteiger partial charge in [-0.15, -0.1) is 0 Å². The number of rotatable bonds is 5. The highest BCUT2D eigenvalue weighted by Gasteiger charge is 2.51. The van der Waals surface area contributed by atoms with Crippen LogP contribution in [-0.4, -0.2) is 44.8 Å². The molecule has 9 nitrogen and oxygen atoms in total. The molecule has 3 N–H and O–H groups in total. The largest absolute Gasteiger partial charge is 0.489 e. The standard InChI is InChI=1S/C20H19F4N3O6S/c1-19(2,20(22,23)24)33-18(29)26-12-5-8-16-14(9-12)27(15(10-32-16)17(25)28)34(30,31)13-6-3-11(21)4-7-13/h3-9,15H,10H2,1-2H3,(H2,25,28)(H,26,29). The van der Waals surface area contributed by atoms with Crippen molar-refractivity contribution < 1.29 is 45.0 Å². The van der Waals surface area contributed by atoms with Gasteiger partial charge in [-0.2, -0.15) is 13.2 Å². The third-order valence-corrected chi connectivity index (χ3v) is 6.69. The normalized spacial score (nSPS) is 16.3. The summed E-state index contributed by atoms with van der Waals surface area (Å²) in [6.45, 7) is 0.876. The molecule has 1 aliphatic rings. The molecule has 34 heavy (non-hydrogen) atoms. The van der Waals surface area contributed by atoms with E-state index in [9.17, 15) is 35.6 Å². The van der Waals surface area contributed by atoms with Gasteiger partial charge in [0.2, 0.25) is 11.5 Å².